The second-order valence-corrected chi connectivity index (χ2v) is 7.58. The highest BCUT2D eigenvalue weighted by Gasteiger charge is 2.45. The molecule has 3 N–H and O–H groups in total. The van der Waals surface area contributed by atoms with Gasteiger partial charge >= 0.3 is 0 Å². The van der Waals surface area contributed by atoms with Gasteiger partial charge in [0.2, 0.25) is 0 Å². The molecule has 0 aliphatic carbocycles. The third kappa shape index (κ3) is 3.34. The van der Waals surface area contributed by atoms with E-state index in [2.05, 4.69) is 15.6 Å². The highest BCUT2D eigenvalue weighted by molar-refractivity contribution is 6.45. The van der Waals surface area contributed by atoms with Crippen molar-refractivity contribution in [3.63, 3.8) is 0 Å². The Kier molecular flexibility index (Phi) is 4.36. The van der Waals surface area contributed by atoms with Gasteiger partial charge in [0.15, 0.2) is 0 Å². The Bertz CT molecular complexity index is 868. The van der Waals surface area contributed by atoms with Gasteiger partial charge in [-0.2, -0.15) is 0 Å². The van der Waals surface area contributed by atoms with E-state index < -0.39 is 0 Å². The quantitative estimate of drug-likeness (QED) is 0.515. The highest BCUT2D eigenvalue weighted by Crippen LogP contribution is 2.28. The molecule has 2 fully saturated rings. The van der Waals surface area contributed by atoms with Gasteiger partial charge in [-0.1, -0.05) is 17.1 Å². The first kappa shape index (κ1) is 17.0. The second-order valence-electron chi connectivity index (χ2n) is 7.18. The van der Waals surface area contributed by atoms with Crippen LogP contribution < -0.4 is 21.7 Å². The lowest BCUT2D eigenvalue weighted by atomic mass is 9.91. The van der Waals surface area contributed by atoms with Gasteiger partial charge in [0.25, 0.3) is 5.56 Å². The van der Waals surface area contributed by atoms with Crippen LogP contribution in [-0.2, 0) is 6.54 Å². The van der Waals surface area contributed by atoms with Gasteiger partial charge in [0, 0.05) is 24.2 Å². The summed E-state index contributed by atoms with van der Waals surface area (Å²) in [5.74, 6) is 0. The van der Waals surface area contributed by atoms with Crippen molar-refractivity contribution in [2.75, 3.05) is 13.1 Å². The van der Waals surface area contributed by atoms with Crippen LogP contribution in [0, 0.1) is 0 Å². The molecular weight excluding hydrogens is 338 g/mol. The molecule has 25 heavy (non-hydrogen) atoms. The van der Waals surface area contributed by atoms with E-state index in [0.717, 1.165) is 32.4 Å². The zero-order valence-corrected chi connectivity index (χ0v) is 14.6. The van der Waals surface area contributed by atoms with E-state index in [9.17, 15) is 9.90 Å². The third-order valence-corrected chi connectivity index (χ3v) is 5.58. The molecule has 3 heterocycles. The van der Waals surface area contributed by atoms with Crippen molar-refractivity contribution in [3.8, 4) is 0 Å². The number of benzene rings is 1. The van der Waals surface area contributed by atoms with E-state index >= 15 is 0 Å². The number of nitrogens with one attached hydrogen (secondary N) is 2. The number of rotatable bonds is 4. The van der Waals surface area contributed by atoms with Crippen molar-refractivity contribution < 1.29 is 5.11 Å². The standard InChI is InChI=1S/C17H20BClN4O2/c18-11-5-13-10(4-12(11)19)16(25)23(9-21-13)8-17(7-22-17)6-14-15(24)2-1-3-20-14/h4-5,9,14-15,20,22,24H,1-3,6-8H2/t14-,15+,17?/m0/s1. The van der Waals surface area contributed by atoms with Crippen LogP contribution in [0.4, 0.5) is 0 Å². The molecule has 0 bridgehead atoms. The van der Waals surface area contributed by atoms with Crippen LogP contribution in [0.15, 0.2) is 23.3 Å². The number of aromatic nitrogens is 2. The molecular formula is C17H20BClN4O2. The topological polar surface area (TPSA) is 89.1 Å². The summed E-state index contributed by atoms with van der Waals surface area (Å²) in [5, 5.41) is 17.8. The number of hydrogen-bond donors (Lipinski definition) is 3. The molecule has 4 rings (SSSR count). The number of aliphatic hydroxyl groups excluding tert-OH is 1. The van der Waals surface area contributed by atoms with Crippen LogP contribution in [0.1, 0.15) is 19.3 Å². The summed E-state index contributed by atoms with van der Waals surface area (Å²) < 4.78 is 1.62. The first-order valence-electron chi connectivity index (χ1n) is 8.58. The van der Waals surface area contributed by atoms with Crippen LogP contribution >= 0.6 is 11.6 Å². The lowest BCUT2D eigenvalue weighted by Crippen LogP contribution is -2.48. The molecule has 8 heteroatoms. The van der Waals surface area contributed by atoms with Crippen molar-refractivity contribution in [1.29, 1.82) is 0 Å². The summed E-state index contributed by atoms with van der Waals surface area (Å²) in [5.41, 5.74) is 0.659. The predicted molar refractivity (Wildman–Crippen MR) is 98.8 cm³/mol. The molecule has 3 atom stereocenters. The Balaban J connectivity index is 1.59. The number of aliphatic hydroxyl groups is 1. The van der Waals surface area contributed by atoms with Gasteiger partial charge in [-0.3, -0.25) is 9.36 Å². The number of nitrogens with zero attached hydrogens (tertiary/aromatic N) is 2. The summed E-state index contributed by atoms with van der Waals surface area (Å²) >= 11 is 6.05. The first-order chi connectivity index (χ1) is 12.0. The third-order valence-electron chi connectivity index (χ3n) is 5.25. The number of piperidine rings is 1. The molecule has 0 amide bonds. The van der Waals surface area contributed by atoms with Crippen molar-refractivity contribution in [1.82, 2.24) is 20.2 Å². The Morgan fingerprint density at radius 3 is 3.00 bits per heavy atom. The second kappa shape index (κ2) is 6.39. The molecule has 0 spiro atoms. The van der Waals surface area contributed by atoms with E-state index in [1.165, 1.54) is 0 Å². The predicted octanol–water partition coefficient (Wildman–Crippen LogP) is -0.311. The molecule has 2 aromatic rings. The van der Waals surface area contributed by atoms with Crippen LogP contribution in [0.3, 0.4) is 0 Å². The lowest BCUT2D eigenvalue weighted by molar-refractivity contribution is 0.0859. The molecule has 2 aliphatic heterocycles. The zero-order chi connectivity index (χ0) is 17.6. The Hall–Kier alpha value is -1.41. The monoisotopic (exact) mass is 358 g/mol. The average Bonchev–Trinajstić information content (AvgIpc) is 3.34. The Morgan fingerprint density at radius 1 is 1.48 bits per heavy atom. The summed E-state index contributed by atoms with van der Waals surface area (Å²) in [6.45, 7) is 2.27. The van der Waals surface area contributed by atoms with Crippen molar-refractivity contribution in [2.45, 2.75) is 43.5 Å². The maximum absolute atomic E-state index is 12.8. The normalized spacial score (nSPS) is 29.0. The fourth-order valence-corrected chi connectivity index (χ4v) is 3.81. The van der Waals surface area contributed by atoms with E-state index in [1.54, 1.807) is 23.0 Å². The number of hydrogen-bond acceptors (Lipinski definition) is 5. The fourth-order valence-electron chi connectivity index (χ4n) is 3.64. The van der Waals surface area contributed by atoms with Crippen molar-refractivity contribution in [3.05, 3.63) is 33.8 Å². The molecule has 1 aromatic carbocycles. The Labute approximate surface area is 152 Å². The molecule has 2 aliphatic rings. The smallest absolute Gasteiger partial charge is 0.261 e. The summed E-state index contributed by atoms with van der Waals surface area (Å²) in [4.78, 5) is 17.1. The SMILES string of the molecule is [B]c1cc2ncn(CC3(C[C@@H]4NCCC[C@H]4O)CN3)c(=O)c2cc1Cl. The van der Waals surface area contributed by atoms with E-state index in [1.807, 2.05) is 0 Å². The molecule has 1 unspecified atom stereocenters. The van der Waals surface area contributed by atoms with Gasteiger partial charge in [-0.05, 0) is 37.9 Å². The van der Waals surface area contributed by atoms with Crippen LogP contribution in [-0.4, -0.2) is 53.3 Å². The first-order valence-corrected chi connectivity index (χ1v) is 8.96. The maximum atomic E-state index is 12.8. The van der Waals surface area contributed by atoms with E-state index in [-0.39, 0.29) is 23.2 Å². The van der Waals surface area contributed by atoms with Gasteiger partial charge in [-0.15, -0.1) is 0 Å². The minimum Gasteiger partial charge on any atom is -0.392 e. The Morgan fingerprint density at radius 2 is 2.28 bits per heavy atom. The highest BCUT2D eigenvalue weighted by atomic mass is 35.5. The van der Waals surface area contributed by atoms with E-state index in [0.29, 0.717) is 27.9 Å². The summed E-state index contributed by atoms with van der Waals surface area (Å²) in [6, 6.07) is 3.26. The van der Waals surface area contributed by atoms with Gasteiger partial charge in [0.1, 0.15) is 7.85 Å². The maximum Gasteiger partial charge on any atom is 0.261 e. The van der Waals surface area contributed by atoms with Gasteiger partial charge in [0.05, 0.1) is 28.9 Å². The van der Waals surface area contributed by atoms with Gasteiger partial charge in [-0.25, -0.2) is 4.98 Å². The number of fused-ring (bicyclic) bond motifs is 1. The molecule has 6 nitrogen and oxygen atoms in total. The summed E-state index contributed by atoms with van der Waals surface area (Å²) in [6.07, 6.45) is 3.83. The van der Waals surface area contributed by atoms with Crippen LogP contribution in [0.2, 0.25) is 5.02 Å². The molecule has 130 valence electrons. The lowest BCUT2D eigenvalue weighted by Gasteiger charge is -2.31. The molecule has 1 aromatic heterocycles. The minimum atomic E-state index is -0.332. The molecule has 2 saturated heterocycles. The van der Waals surface area contributed by atoms with E-state index in [4.69, 9.17) is 19.4 Å². The van der Waals surface area contributed by atoms with Crippen LogP contribution in [0.25, 0.3) is 10.9 Å². The summed E-state index contributed by atoms with van der Waals surface area (Å²) in [7, 11) is 5.78. The average molecular weight is 359 g/mol. The molecule has 2 radical (unpaired) electrons. The van der Waals surface area contributed by atoms with Crippen molar-refractivity contribution >= 4 is 35.8 Å². The van der Waals surface area contributed by atoms with Gasteiger partial charge < -0.3 is 15.7 Å². The minimum absolute atomic E-state index is 0.0575. The van der Waals surface area contributed by atoms with Crippen molar-refractivity contribution in [2.24, 2.45) is 0 Å². The zero-order valence-electron chi connectivity index (χ0n) is 13.8. The number of halogens is 1. The van der Waals surface area contributed by atoms with Crippen LogP contribution in [0.5, 0.6) is 0 Å². The fraction of sp³-hybridized carbons (Fsp3) is 0.529. The largest absolute Gasteiger partial charge is 0.392 e. The molecule has 0 saturated carbocycles.